The molecule has 6 rings (SSSR count). The molecule has 2 fully saturated rings. The summed E-state index contributed by atoms with van der Waals surface area (Å²) in [5.74, 6) is 2.78. The summed E-state index contributed by atoms with van der Waals surface area (Å²) in [5, 5.41) is 17.3. The van der Waals surface area contributed by atoms with E-state index >= 15 is 0 Å². The van der Waals surface area contributed by atoms with Gasteiger partial charge in [-0.15, -0.1) is 0 Å². The van der Waals surface area contributed by atoms with Gasteiger partial charge in [-0.2, -0.15) is 5.26 Å². The van der Waals surface area contributed by atoms with Crippen LogP contribution < -0.4 is 15.4 Å². The highest BCUT2D eigenvalue weighted by molar-refractivity contribution is 7.90. The van der Waals surface area contributed by atoms with E-state index in [1.54, 1.807) is 6.20 Å². The van der Waals surface area contributed by atoms with Crippen LogP contribution in [0.15, 0.2) is 59.1 Å². The zero-order chi connectivity index (χ0) is 32.3. The summed E-state index contributed by atoms with van der Waals surface area (Å²) >= 11 is 0. The van der Waals surface area contributed by atoms with Gasteiger partial charge in [0.15, 0.2) is 0 Å². The van der Waals surface area contributed by atoms with E-state index in [9.17, 15) is 18.5 Å². The highest BCUT2D eigenvalue weighted by Crippen LogP contribution is 2.35. The van der Waals surface area contributed by atoms with E-state index in [4.69, 9.17) is 9.15 Å². The number of rotatable bonds is 11. The van der Waals surface area contributed by atoms with Crippen LogP contribution in [0, 0.1) is 24.2 Å². The number of ether oxygens (including phenoxy) is 1. The first-order chi connectivity index (χ1) is 22.2. The number of carbonyl (C=O) groups excluding carboxylic acids is 1. The van der Waals surface area contributed by atoms with Gasteiger partial charge < -0.3 is 24.7 Å². The number of aryl methyl sites for hydroxylation is 1. The zero-order valence-electron chi connectivity index (χ0n) is 26.2. The number of pyridine rings is 1. The van der Waals surface area contributed by atoms with Crippen LogP contribution in [0.2, 0.25) is 0 Å². The quantitative estimate of drug-likeness (QED) is 0.197. The number of hydrogen-bond donors (Lipinski definition) is 2. The number of piperidine rings is 1. The van der Waals surface area contributed by atoms with Crippen LogP contribution in [-0.2, 0) is 21.2 Å². The number of nitrogens with one attached hydrogen (secondary N) is 2. The van der Waals surface area contributed by atoms with E-state index in [1.165, 1.54) is 12.7 Å². The number of sulfone groups is 1. The van der Waals surface area contributed by atoms with Crippen molar-refractivity contribution in [1.29, 1.82) is 5.26 Å². The molecule has 1 saturated heterocycles. The predicted octanol–water partition coefficient (Wildman–Crippen LogP) is 5.72. The summed E-state index contributed by atoms with van der Waals surface area (Å²) < 4.78 is 35.2. The molecule has 1 aliphatic carbocycles. The molecule has 10 nitrogen and oxygen atoms in total. The third kappa shape index (κ3) is 7.35. The van der Waals surface area contributed by atoms with Gasteiger partial charge in [0.05, 0.1) is 29.1 Å². The molecule has 1 aliphatic heterocycles. The lowest BCUT2D eigenvalue weighted by Crippen LogP contribution is -2.45. The molecule has 2 aromatic heterocycles. The van der Waals surface area contributed by atoms with Crippen molar-refractivity contribution in [3.63, 3.8) is 0 Å². The fourth-order valence-electron chi connectivity index (χ4n) is 5.95. The van der Waals surface area contributed by atoms with Crippen molar-refractivity contribution < 1.29 is 22.4 Å². The van der Waals surface area contributed by atoms with E-state index in [-0.39, 0.29) is 17.8 Å². The van der Waals surface area contributed by atoms with Gasteiger partial charge in [0.25, 0.3) is 0 Å². The lowest BCUT2D eigenvalue weighted by atomic mass is 9.84. The van der Waals surface area contributed by atoms with Gasteiger partial charge >= 0.3 is 0 Å². The van der Waals surface area contributed by atoms with E-state index in [2.05, 4.69) is 21.7 Å². The maximum atomic E-state index is 12.6. The molecule has 0 atom stereocenters. The molecule has 1 saturated carbocycles. The van der Waals surface area contributed by atoms with Gasteiger partial charge in [-0.3, -0.25) is 9.78 Å². The zero-order valence-corrected chi connectivity index (χ0v) is 27.0. The summed E-state index contributed by atoms with van der Waals surface area (Å²) in [6, 6.07) is 17.7. The van der Waals surface area contributed by atoms with Crippen molar-refractivity contribution in [1.82, 2.24) is 15.2 Å². The number of anilines is 2. The Morgan fingerprint density at radius 1 is 1.11 bits per heavy atom. The molecule has 0 unspecified atom stereocenters. The minimum atomic E-state index is -3.03. The van der Waals surface area contributed by atoms with Crippen molar-refractivity contribution in [3.05, 3.63) is 71.6 Å². The third-order valence-corrected chi connectivity index (χ3v) is 9.78. The van der Waals surface area contributed by atoms with Crippen LogP contribution in [0.5, 0.6) is 5.75 Å². The lowest BCUT2D eigenvalue weighted by molar-refractivity contribution is -0.140. The van der Waals surface area contributed by atoms with Crippen LogP contribution in [0.3, 0.4) is 0 Å². The summed E-state index contributed by atoms with van der Waals surface area (Å²) in [6.07, 6.45) is 7.73. The van der Waals surface area contributed by atoms with Crippen LogP contribution in [0.1, 0.15) is 49.0 Å². The highest BCUT2D eigenvalue weighted by atomic mass is 32.2. The number of benzene rings is 2. The molecule has 4 aromatic rings. The molecule has 0 bridgehead atoms. The van der Waals surface area contributed by atoms with Crippen molar-refractivity contribution in [3.8, 4) is 23.1 Å². The Kier molecular flexibility index (Phi) is 9.29. The first-order valence-corrected chi connectivity index (χ1v) is 17.9. The molecule has 2 N–H and O–H groups in total. The average molecular weight is 642 g/mol. The van der Waals surface area contributed by atoms with E-state index in [0.717, 1.165) is 72.2 Å². The molecular formula is C35H39N5O5S. The van der Waals surface area contributed by atoms with Gasteiger partial charge in [-0.05, 0) is 73.9 Å². The third-order valence-electron chi connectivity index (χ3n) is 8.83. The van der Waals surface area contributed by atoms with Crippen molar-refractivity contribution >= 4 is 38.0 Å². The number of furan rings is 1. The Morgan fingerprint density at radius 2 is 1.91 bits per heavy atom. The standard InChI is InChI=1S/C35H39N5O5S/c1-23-18-27(7-10-32(23)44-28-12-15-40(16-13-28)35(41)24-4-3-5-24)39-34-26(20-36)21-38-31-9-6-25(19-30(31)34)33-11-8-29(45-33)22-37-14-17-46(2,42)43/h6-11,18-19,21,24,28,37H,3-5,12-17,22H2,1-2H3,(H,38,39). The van der Waals surface area contributed by atoms with Crippen molar-refractivity contribution in [2.45, 2.75) is 51.7 Å². The van der Waals surface area contributed by atoms with Crippen LogP contribution >= 0.6 is 0 Å². The lowest BCUT2D eigenvalue weighted by Gasteiger charge is -2.36. The first-order valence-electron chi connectivity index (χ1n) is 15.8. The second-order valence-electron chi connectivity index (χ2n) is 12.3. The van der Waals surface area contributed by atoms with Crippen LogP contribution in [0.4, 0.5) is 11.4 Å². The number of nitriles is 1. The maximum absolute atomic E-state index is 12.6. The van der Waals surface area contributed by atoms with Gasteiger partial charge in [0.2, 0.25) is 5.91 Å². The molecule has 0 spiro atoms. The molecule has 3 heterocycles. The van der Waals surface area contributed by atoms with Crippen molar-refractivity contribution in [2.24, 2.45) is 5.92 Å². The van der Waals surface area contributed by atoms with Gasteiger partial charge in [-0.1, -0.05) is 6.42 Å². The van der Waals surface area contributed by atoms with Gasteiger partial charge in [0.1, 0.15) is 39.3 Å². The molecule has 240 valence electrons. The summed E-state index contributed by atoms with van der Waals surface area (Å²) in [6.45, 7) is 4.25. The monoisotopic (exact) mass is 641 g/mol. The number of likely N-dealkylation sites (tertiary alicyclic amines) is 1. The van der Waals surface area contributed by atoms with Crippen LogP contribution in [0.25, 0.3) is 22.2 Å². The SMILES string of the molecule is Cc1cc(Nc2c(C#N)cnc3ccc(-c4ccc(CNCCS(C)(=O)=O)o4)cc23)ccc1OC1CCN(C(=O)C2CCC2)CC1. The second-order valence-corrected chi connectivity index (χ2v) is 14.6. The van der Waals surface area contributed by atoms with E-state index < -0.39 is 9.84 Å². The minimum Gasteiger partial charge on any atom is -0.490 e. The molecule has 1 amide bonds. The second kappa shape index (κ2) is 13.5. The Hall–Kier alpha value is -4.40. The summed E-state index contributed by atoms with van der Waals surface area (Å²) in [7, 11) is -3.03. The van der Waals surface area contributed by atoms with Crippen LogP contribution in [-0.4, -0.2) is 62.0 Å². The van der Waals surface area contributed by atoms with Gasteiger partial charge in [0, 0.05) is 67.5 Å². The fraction of sp³-hybridized carbons (Fsp3) is 0.400. The number of hydrogen-bond acceptors (Lipinski definition) is 9. The average Bonchev–Trinajstić information content (AvgIpc) is 3.49. The van der Waals surface area contributed by atoms with Gasteiger partial charge in [-0.25, -0.2) is 8.42 Å². The van der Waals surface area contributed by atoms with E-state index in [1.807, 2.05) is 60.4 Å². The predicted molar refractivity (Wildman–Crippen MR) is 178 cm³/mol. The smallest absolute Gasteiger partial charge is 0.225 e. The topological polar surface area (TPSA) is 138 Å². The highest BCUT2D eigenvalue weighted by Gasteiger charge is 2.32. The number of nitrogens with zero attached hydrogens (tertiary/aromatic N) is 3. The Balaban J connectivity index is 1.14. The molecule has 0 radical (unpaired) electrons. The molecule has 11 heteroatoms. The minimum absolute atomic E-state index is 0.0629. The summed E-state index contributed by atoms with van der Waals surface area (Å²) in [5.41, 5.74) is 4.43. The Labute approximate surface area is 269 Å². The Morgan fingerprint density at radius 3 is 2.61 bits per heavy atom. The maximum Gasteiger partial charge on any atom is 0.225 e. The molecule has 46 heavy (non-hydrogen) atoms. The van der Waals surface area contributed by atoms with Crippen molar-refractivity contribution in [2.75, 3.05) is 37.0 Å². The molecular weight excluding hydrogens is 602 g/mol. The summed E-state index contributed by atoms with van der Waals surface area (Å²) in [4.78, 5) is 19.1. The molecule has 2 aromatic carbocycles. The largest absolute Gasteiger partial charge is 0.490 e. The first kappa shape index (κ1) is 31.6. The fourth-order valence-corrected chi connectivity index (χ4v) is 6.47. The number of aromatic nitrogens is 1. The van der Waals surface area contributed by atoms with E-state index in [0.29, 0.717) is 41.8 Å². The number of carbonyl (C=O) groups is 1. The normalized spacial score (nSPS) is 15.8. The molecule has 2 aliphatic rings. The Bertz CT molecular complexity index is 1890. The number of amides is 1. The number of fused-ring (bicyclic) bond motifs is 1.